The zero-order valence-electron chi connectivity index (χ0n) is 23.5. The van der Waals surface area contributed by atoms with E-state index in [1.54, 1.807) is 60.8 Å². The Morgan fingerprint density at radius 2 is 1.58 bits per heavy atom. The average molecular weight is 609 g/mol. The van der Waals surface area contributed by atoms with E-state index in [2.05, 4.69) is 20.9 Å². The summed E-state index contributed by atoms with van der Waals surface area (Å²) >= 11 is 7.57. The van der Waals surface area contributed by atoms with E-state index in [1.165, 1.54) is 11.8 Å². The van der Waals surface area contributed by atoms with Gasteiger partial charge in [0.25, 0.3) is 11.8 Å². The van der Waals surface area contributed by atoms with Crippen molar-refractivity contribution in [2.75, 3.05) is 10.6 Å². The first kappa shape index (κ1) is 29.7. The number of rotatable bonds is 9. The SMILES string of the molecule is Cc1c(Cl)cccc1NC(=O)[C@@H](C)Sc1ccc(NC(=O)/C(=C/c2c[nH]c3ccccc23)NC(=O)c2ccccc2)cc1. The average Bonchev–Trinajstić information content (AvgIpc) is 3.43. The van der Waals surface area contributed by atoms with E-state index >= 15 is 0 Å². The molecule has 0 bridgehead atoms. The summed E-state index contributed by atoms with van der Waals surface area (Å²) in [6.45, 7) is 3.68. The molecule has 0 fully saturated rings. The highest BCUT2D eigenvalue weighted by atomic mass is 35.5. The van der Waals surface area contributed by atoms with Gasteiger partial charge in [0.15, 0.2) is 0 Å². The molecule has 0 aliphatic heterocycles. The minimum Gasteiger partial charge on any atom is -0.361 e. The van der Waals surface area contributed by atoms with Crippen LogP contribution in [0.5, 0.6) is 0 Å². The van der Waals surface area contributed by atoms with Crippen molar-refractivity contribution in [2.45, 2.75) is 24.0 Å². The maximum atomic E-state index is 13.4. The van der Waals surface area contributed by atoms with Gasteiger partial charge in [-0.1, -0.05) is 54.1 Å². The van der Waals surface area contributed by atoms with Crippen LogP contribution in [0.25, 0.3) is 17.0 Å². The second-order valence-corrected chi connectivity index (χ2v) is 11.6. The van der Waals surface area contributed by atoms with Crippen molar-refractivity contribution in [3.8, 4) is 0 Å². The summed E-state index contributed by atoms with van der Waals surface area (Å²) in [4.78, 5) is 43.3. The molecule has 3 amide bonds. The molecule has 0 unspecified atom stereocenters. The largest absolute Gasteiger partial charge is 0.361 e. The quantitative estimate of drug-likeness (QED) is 0.102. The summed E-state index contributed by atoms with van der Waals surface area (Å²) in [6, 6.07) is 29.0. The fraction of sp³-hybridized carbons (Fsp3) is 0.0882. The molecule has 5 rings (SSSR count). The maximum Gasteiger partial charge on any atom is 0.272 e. The van der Waals surface area contributed by atoms with E-state index < -0.39 is 11.8 Å². The molecule has 7 nitrogen and oxygen atoms in total. The second kappa shape index (κ2) is 13.5. The standard InChI is InChI=1S/C34H29ClN4O3S/c1-21-28(35)12-8-14-29(21)38-32(40)22(2)43-26-17-15-25(16-18-26)37-34(42)31(39-33(41)23-9-4-3-5-10-23)19-24-20-36-30-13-7-6-11-27(24)30/h3-20,22,36H,1-2H3,(H,37,42)(H,38,40)(H,39,41)/b31-19-/t22-/m1/s1. The first-order valence-corrected chi connectivity index (χ1v) is 14.8. The van der Waals surface area contributed by atoms with Gasteiger partial charge in [0.1, 0.15) is 5.70 Å². The molecule has 216 valence electrons. The molecule has 1 atom stereocenters. The lowest BCUT2D eigenvalue weighted by Gasteiger charge is -2.15. The van der Waals surface area contributed by atoms with Gasteiger partial charge in [-0.2, -0.15) is 0 Å². The van der Waals surface area contributed by atoms with Crippen LogP contribution in [0.2, 0.25) is 5.02 Å². The topological polar surface area (TPSA) is 103 Å². The fourth-order valence-electron chi connectivity index (χ4n) is 4.36. The van der Waals surface area contributed by atoms with Crippen LogP contribution in [0, 0.1) is 6.92 Å². The highest BCUT2D eigenvalue weighted by Gasteiger charge is 2.18. The van der Waals surface area contributed by atoms with Crippen LogP contribution in [0.3, 0.4) is 0 Å². The monoisotopic (exact) mass is 608 g/mol. The molecule has 4 N–H and O–H groups in total. The number of anilines is 2. The number of amides is 3. The Hall–Kier alpha value is -4.79. The van der Waals surface area contributed by atoms with Gasteiger partial charge in [-0.3, -0.25) is 14.4 Å². The number of halogens is 1. The lowest BCUT2D eigenvalue weighted by Crippen LogP contribution is -2.30. The fourth-order valence-corrected chi connectivity index (χ4v) is 5.40. The maximum absolute atomic E-state index is 13.4. The van der Waals surface area contributed by atoms with E-state index in [0.29, 0.717) is 22.0 Å². The Bertz CT molecular complexity index is 1820. The minimum atomic E-state index is -0.473. The van der Waals surface area contributed by atoms with Gasteiger partial charge in [0.05, 0.1) is 5.25 Å². The molecule has 0 aliphatic rings. The van der Waals surface area contributed by atoms with Crippen molar-refractivity contribution >= 4 is 69.4 Å². The van der Waals surface area contributed by atoms with Gasteiger partial charge in [0, 0.05) is 49.5 Å². The summed E-state index contributed by atoms with van der Waals surface area (Å²) in [5.74, 6) is -1.01. The van der Waals surface area contributed by atoms with Crippen LogP contribution >= 0.6 is 23.4 Å². The molecule has 0 spiro atoms. The highest BCUT2D eigenvalue weighted by molar-refractivity contribution is 8.00. The Morgan fingerprint density at radius 1 is 0.860 bits per heavy atom. The van der Waals surface area contributed by atoms with E-state index in [0.717, 1.165) is 26.9 Å². The van der Waals surface area contributed by atoms with Crippen LogP contribution in [0.1, 0.15) is 28.4 Å². The molecule has 5 aromatic rings. The number of benzene rings is 4. The van der Waals surface area contributed by atoms with E-state index in [-0.39, 0.29) is 16.9 Å². The number of carbonyl (C=O) groups excluding carboxylic acids is 3. The van der Waals surface area contributed by atoms with Crippen molar-refractivity contribution in [3.05, 3.63) is 131 Å². The molecule has 0 aliphatic carbocycles. The number of para-hydroxylation sites is 1. The van der Waals surface area contributed by atoms with Crippen LogP contribution in [0.4, 0.5) is 11.4 Å². The second-order valence-electron chi connectivity index (χ2n) is 9.81. The van der Waals surface area contributed by atoms with Crippen molar-refractivity contribution in [3.63, 3.8) is 0 Å². The first-order valence-electron chi connectivity index (χ1n) is 13.6. The number of fused-ring (bicyclic) bond motifs is 1. The van der Waals surface area contributed by atoms with E-state index in [4.69, 9.17) is 11.6 Å². The number of hydrogen-bond acceptors (Lipinski definition) is 4. The number of aromatic amines is 1. The lowest BCUT2D eigenvalue weighted by molar-refractivity contribution is -0.115. The normalized spacial score (nSPS) is 12.0. The van der Waals surface area contributed by atoms with Crippen molar-refractivity contribution in [1.29, 1.82) is 0 Å². The van der Waals surface area contributed by atoms with Crippen LogP contribution in [-0.2, 0) is 9.59 Å². The highest BCUT2D eigenvalue weighted by Crippen LogP contribution is 2.28. The number of H-pyrrole nitrogens is 1. The molecule has 0 radical (unpaired) electrons. The van der Waals surface area contributed by atoms with Gasteiger partial charge < -0.3 is 20.9 Å². The Kier molecular flexibility index (Phi) is 9.29. The molecule has 1 aromatic heterocycles. The molecule has 4 aromatic carbocycles. The van der Waals surface area contributed by atoms with Crippen molar-refractivity contribution < 1.29 is 14.4 Å². The van der Waals surface area contributed by atoms with E-state index in [9.17, 15) is 14.4 Å². The summed E-state index contributed by atoms with van der Waals surface area (Å²) in [6.07, 6.45) is 3.45. The predicted octanol–water partition coefficient (Wildman–Crippen LogP) is 7.66. The van der Waals surface area contributed by atoms with Gasteiger partial charge in [-0.05, 0) is 80.1 Å². The molecule has 0 saturated heterocycles. The van der Waals surface area contributed by atoms with Gasteiger partial charge in [0.2, 0.25) is 5.91 Å². The molecule has 9 heteroatoms. The Morgan fingerprint density at radius 3 is 2.35 bits per heavy atom. The third-order valence-corrected chi connectivity index (χ3v) is 8.29. The molecule has 0 saturated carbocycles. The van der Waals surface area contributed by atoms with Gasteiger partial charge in [-0.25, -0.2) is 0 Å². The summed E-state index contributed by atoms with van der Waals surface area (Å²) in [5.41, 5.74) is 4.25. The van der Waals surface area contributed by atoms with E-state index in [1.807, 2.05) is 62.4 Å². The number of hydrogen-bond donors (Lipinski definition) is 4. The molecule has 43 heavy (non-hydrogen) atoms. The summed E-state index contributed by atoms with van der Waals surface area (Å²) in [5, 5.41) is 9.72. The number of aromatic nitrogens is 1. The predicted molar refractivity (Wildman–Crippen MR) is 175 cm³/mol. The molecule has 1 heterocycles. The lowest BCUT2D eigenvalue weighted by atomic mass is 10.1. The van der Waals surface area contributed by atoms with Crippen LogP contribution in [-0.4, -0.2) is 28.0 Å². The summed E-state index contributed by atoms with van der Waals surface area (Å²) in [7, 11) is 0. The van der Waals surface area contributed by atoms with Crippen LogP contribution in [0.15, 0.2) is 114 Å². The third-order valence-electron chi connectivity index (χ3n) is 6.77. The molecular weight excluding hydrogens is 580 g/mol. The zero-order chi connectivity index (χ0) is 30.3. The van der Waals surface area contributed by atoms with Gasteiger partial charge in [-0.15, -0.1) is 11.8 Å². The Labute approximate surface area is 258 Å². The smallest absolute Gasteiger partial charge is 0.272 e. The summed E-state index contributed by atoms with van der Waals surface area (Å²) < 4.78 is 0. The van der Waals surface area contributed by atoms with Crippen molar-refractivity contribution in [1.82, 2.24) is 10.3 Å². The number of thioether (sulfide) groups is 1. The van der Waals surface area contributed by atoms with Crippen molar-refractivity contribution in [2.24, 2.45) is 0 Å². The third kappa shape index (κ3) is 7.35. The first-order chi connectivity index (χ1) is 20.8. The Balaban J connectivity index is 1.29. The number of nitrogens with one attached hydrogen (secondary N) is 4. The minimum absolute atomic E-state index is 0.0960. The molecular formula is C34H29ClN4O3S. The number of carbonyl (C=O) groups is 3. The van der Waals surface area contributed by atoms with Crippen LogP contribution < -0.4 is 16.0 Å². The zero-order valence-corrected chi connectivity index (χ0v) is 25.1. The van der Waals surface area contributed by atoms with Gasteiger partial charge >= 0.3 is 0 Å².